The Balaban J connectivity index is 0.000000175. The van der Waals surface area contributed by atoms with Gasteiger partial charge in [-0.05, 0) is 79.9 Å². The summed E-state index contributed by atoms with van der Waals surface area (Å²) < 4.78 is 19.1. The van der Waals surface area contributed by atoms with Gasteiger partial charge in [-0.2, -0.15) is 20.2 Å². The van der Waals surface area contributed by atoms with E-state index in [0.29, 0.717) is 73.7 Å². The normalized spacial score (nSPS) is 15.0. The molecule has 2 aliphatic rings. The molecule has 16 heteroatoms. The zero-order chi connectivity index (χ0) is 44.1. The maximum absolute atomic E-state index is 12.2. The quantitative estimate of drug-likeness (QED) is 0.0670. The lowest BCUT2D eigenvalue weighted by molar-refractivity contribution is -0.127. The summed E-state index contributed by atoms with van der Waals surface area (Å²) in [5.41, 5.74) is 14.7. The predicted molar refractivity (Wildman–Crippen MR) is 248 cm³/mol. The van der Waals surface area contributed by atoms with Gasteiger partial charge in [-0.25, -0.2) is 14.6 Å². The number of pyridine rings is 1. The maximum Gasteiger partial charge on any atom is 0.320 e. The Hall–Kier alpha value is -7.72. The Labute approximate surface area is 371 Å². The largest absolute Gasteiger partial charge is 0.463 e. The third kappa shape index (κ3) is 11.0. The molecule has 3 N–H and O–H groups in total. The second kappa shape index (κ2) is 20.9. The Morgan fingerprint density at radius 2 is 1.75 bits per heavy atom. The van der Waals surface area contributed by atoms with Crippen molar-refractivity contribution >= 4 is 40.6 Å². The van der Waals surface area contributed by atoms with Crippen molar-refractivity contribution in [3.63, 3.8) is 0 Å². The van der Waals surface area contributed by atoms with Gasteiger partial charge in [-0.15, -0.1) is 0 Å². The van der Waals surface area contributed by atoms with Crippen LogP contribution in [0.5, 0.6) is 17.5 Å². The zero-order valence-corrected chi connectivity index (χ0v) is 35.7. The number of piperidine rings is 1. The van der Waals surface area contributed by atoms with Crippen molar-refractivity contribution in [3.8, 4) is 28.8 Å². The molecular weight excluding hydrogens is 809 g/mol. The first-order valence-corrected chi connectivity index (χ1v) is 21.2. The van der Waals surface area contributed by atoms with E-state index in [2.05, 4.69) is 66.0 Å². The molecule has 1 atom stereocenters. The topological polar surface area (TPSA) is 184 Å². The van der Waals surface area contributed by atoms with E-state index in [1.165, 1.54) is 18.0 Å². The highest BCUT2D eigenvalue weighted by molar-refractivity contribution is 5.98. The van der Waals surface area contributed by atoms with Gasteiger partial charge in [0.15, 0.2) is 11.5 Å². The number of nitrogen functional groups attached to an aromatic ring is 1. The zero-order valence-electron chi connectivity index (χ0n) is 35.7. The summed E-state index contributed by atoms with van der Waals surface area (Å²) in [6.07, 6.45) is 8.81. The number of likely N-dealkylation sites (tertiary alicyclic amines) is 1. The number of hydrogen-bond acceptors (Lipinski definition) is 14. The molecule has 0 bridgehead atoms. The molecule has 0 saturated carbocycles. The Kier molecular flexibility index (Phi) is 14.0. The summed E-state index contributed by atoms with van der Waals surface area (Å²) in [4.78, 5) is 38.2. The van der Waals surface area contributed by atoms with Gasteiger partial charge in [-0.1, -0.05) is 60.7 Å². The number of nitrogens with one attached hydrogen (secondary N) is 1. The van der Waals surface area contributed by atoms with Crippen molar-refractivity contribution < 1.29 is 19.0 Å². The number of carbonyl (C=O) groups is 1. The van der Waals surface area contributed by atoms with Crippen molar-refractivity contribution in [1.29, 1.82) is 0 Å². The minimum Gasteiger partial charge on any atom is -0.463 e. The number of morpholine rings is 1. The Morgan fingerprint density at radius 1 is 0.938 bits per heavy atom. The van der Waals surface area contributed by atoms with Crippen LogP contribution < -0.4 is 25.5 Å². The van der Waals surface area contributed by atoms with Crippen LogP contribution in [0.4, 0.5) is 17.5 Å². The number of ether oxygens (including phenoxy) is 3. The van der Waals surface area contributed by atoms with E-state index in [9.17, 15) is 4.79 Å². The second-order valence-electron chi connectivity index (χ2n) is 15.2. The number of carbonyl (C=O) groups excluding carboxylic acids is 1. The molecule has 0 radical (unpaired) electrons. The van der Waals surface area contributed by atoms with Gasteiger partial charge in [0.05, 0.1) is 37.5 Å². The smallest absolute Gasteiger partial charge is 0.320 e. The van der Waals surface area contributed by atoms with Crippen LogP contribution in [-0.2, 0) is 16.0 Å². The third-order valence-corrected chi connectivity index (χ3v) is 10.6. The minimum atomic E-state index is -0.0699. The van der Waals surface area contributed by atoms with Gasteiger partial charge in [0.1, 0.15) is 35.2 Å². The lowest BCUT2D eigenvalue weighted by Crippen LogP contribution is -2.40. The van der Waals surface area contributed by atoms with Crippen LogP contribution in [0.1, 0.15) is 35.7 Å². The van der Waals surface area contributed by atoms with Crippen LogP contribution in [-0.4, -0.2) is 97.7 Å². The highest BCUT2D eigenvalue weighted by Crippen LogP contribution is 2.35. The average Bonchev–Trinajstić information content (AvgIpc) is 3.74. The number of anilines is 3. The molecule has 6 heterocycles. The summed E-state index contributed by atoms with van der Waals surface area (Å²) in [5, 5.41) is 9.95. The number of aryl methyl sites for hydroxylation is 1. The monoisotopic (exact) mass is 858 g/mol. The fourth-order valence-corrected chi connectivity index (χ4v) is 7.45. The summed E-state index contributed by atoms with van der Waals surface area (Å²) in [7, 11) is 0. The number of amides is 1. The molecule has 0 aliphatic carbocycles. The summed E-state index contributed by atoms with van der Waals surface area (Å²) >= 11 is 0. The first kappa shape index (κ1) is 42.9. The van der Waals surface area contributed by atoms with E-state index >= 15 is 0 Å². The highest BCUT2D eigenvalue weighted by Gasteiger charge is 2.28. The summed E-state index contributed by atoms with van der Waals surface area (Å²) in [6, 6.07) is 33.5. The first-order valence-electron chi connectivity index (χ1n) is 21.2. The van der Waals surface area contributed by atoms with Crippen LogP contribution >= 0.6 is 0 Å². The fraction of sp³-hybridized carbons (Fsp3) is 0.250. The van der Waals surface area contributed by atoms with Gasteiger partial charge < -0.3 is 29.7 Å². The van der Waals surface area contributed by atoms with Crippen LogP contribution in [0.2, 0.25) is 0 Å². The molecule has 3 aromatic carbocycles. The van der Waals surface area contributed by atoms with Crippen LogP contribution in [0.25, 0.3) is 22.3 Å². The van der Waals surface area contributed by atoms with Crippen LogP contribution in [0, 0.1) is 6.92 Å². The molecule has 2 saturated heterocycles. The number of aromatic nitrogens is 7. The van der Waals surface area contributed by atoms with Crippen molar-refractivity contribution in [2.24, 2.45) is 5.10 Å². The third-order valence-electron chi connectivity index (χ3n) is 10.6. The van der Waals surface area contributed by atoms with Gasteiger partial charge in [-0.3, -0.25) is 15.2 Å². The van der Waals surface area contributed by atoms with Crippen LogP contribution in [0.3, 0.4) is 0 Å². The number of hydrogen-bond donors (Lipinski definition) is 2. The first-order chi connectivity index (χ1) is 31.4. The molecule has 326 valence electrons. The van der Waals surface area contributed by atoms with Gasteiger partial charge >= 0.3 is 6.01 Å². The number of para-hydroxylation sites is 1. The molecule has 2 aliphatic heterocycles. The molecule has 0 unspecified atom stereocenters. The van der Waals surface area contributed by atoms with Gasteiger partial charge in [0.25, 0.3) is 0 Å². The molecular formula is C48H50N12O4. The summed E-state index contributed by atoms with van der Waals surface area (Å²) in [6.45, 7) is 10.3. The predicted octanol–water partition coefficient (Wildman–Crippen LogP) is 7.30. The molecule has 2 fully saturated rings. The Morgan fingerprint density at radius 3 is 2.53 bits per heavy atom. The maximum atomic E-state index is 12.2. The van der Waals surface area contributed by atoms with Gasteiger partial charge in [0.2, 0.25) is 5.91 Å². The van der Waals surface area contributed by atoms with Crippen molar-refractivity contribution in [2.45, 2.75) is 32.2 Å². The highest BCUT2D eigenvalue weighted by atomic mass is 16.5. The van der Waals surface area contributed by atoms with E-state index < -0.39 is 0 Å². The molecule has 16 nitrogen and oxygen atoms in total. The molecule has 7 aromatic rings. The fourth-order valence-electron chi connectivity index (χ4n) is 7.45. The van der Waals surface area contributed by atoms with Gasteiger partial charge in [0, 0.05) is 56.1 Å². The number of hydrazone groups is 1. The number of rotatable bonds is 13. The lowest BCUT2D eigenvalue weighted by Gasteiger charge is -2.32. The van der Waals surface area contributed by atoms with E-state index in [0.717, 1.165) is 60.1 Å². The standard InChI is InChI=1S/C25H24N6O2.C23H26N6O2/c1-2-21(32)30-14-6-7-18(15-30)31-25-22(24(26)27-16-28-25)23(29-31)17-10-12-20(13-11-17)33-19-8-4-3-5-9-19;1-18-5-4-6-19(15-18)17-25-28-21-16-22(29-10-13-30-14-11-29)27-23(26-21)31-12-8-20-7-2-3-9-24-20/h2-5,8-13,16,18H,1,6-7,14-15H2,(H2,26,27,28);2-7,9,15-17H,8,10-14H2,1H3,(H,26,27,28)/b;25-17+/t18-;/m1./s1. The van der Waals surface area contributed by atoms with E-state index in [1.807, 2.05) is 95.7 Å². The molecule has 0 spiro atoms. The van der Waals surface area contributed by atoms with Crippen LogP contribution in [0.15, 0.2) is 133 Å². The molecule has 1 amide bonds. The average molecular weight is 859 g/mol. The molecule has 9 rings (SSSR count). The number of nitrogens with two attached hydrogens (primary N) is 1. The lowest BCUT2D eigenvalue weighted by atomic mass is 10.1. The number of fused-ring (bicyclic) bond motifs is 1. The van der Waals surface area contributed by atoms with E-state index in [4.69, 9.17) is 25.0 Å². The minimum absolute atomic E-state index is 0.00566. The molecule has 64 heavy (non-hydrogen) atoms. The van der Waals surface area contributed by atoms with Crippen molar-refractivity contribution in [2.75, 3.05) is 62.1 Å². The number of benzene rings is 3. The summed E-state index contributed by atoms with van der Waals surface area (Å²) in [5.74, 6) is 3.17. The van der Waals surface area contributed by atoms with E-state index in [1.54, 1.807) is 17.3 Å². The van der Waals surface area contributed by atoms with E-state index in [-0.39, 0.29) is 11.9 Å². The Bertz CT molecular complexity index is 2670. The van der Waals surface area contributed by atoms with Crippen molar-refractivity contribution in [3.05, 3.63) is 145 Å². The van der Waals surface area contributed by atoms with Crippen molar-refractivity contribution in [1.82, 2.24) is 39.6 Å². The molecule has 4 aromatic heterocycles. The number of nitrogens with zero attached hydrogens (tertiary/aromatic N) is 10. The SMILES string of the molecule is C=CC(=O)N1CCC[C@@H](n2nc(-c3ccc(Oc4ccccc4)cc3)c3c(N)ncnc32)C1.Cc1cccc(/C=N/Nc2cc(N3CCOCC3)nc(OCCc3ccccn3)n2)c1. The second-order valence-corrected chi connectivity index (χ2v) is 15.2.